The Kier molecular flexibility index (Phi) is 6.11. The summed E-state index contributed by atoms with van der Waals surface area (Å²) in [4.78, 5) is 23.8. The molecule has 0 atom stereocenters. The van der Waals surface area contributed by atoms with Gasteiger partial charge in [0.05, 0.1) is 6.61 Å². The van der Waals surface area contributed by atoms with Gasteiger partial charge in [-0.25, -0.2) is 4.79 Å². The predicted molar refractivity (Wildman–Crippen MR) is 89.0 cm³/mol. The second-order valence-corrected chi connectivity index (χ2v) is 5.12. The maximum absolute atomic E-state index is 12.4. The third kappa shape index (κ3) is 4.69. The van der Waals surface area contributed by atoms with Gasteiger partial charge >= 0.3 is 12.2 Å². The second kappa shape index (κ2) is 8.28. The van der Waals surface area contributed by atoms with Crippen molar-refractivity contribution in [3.05, 3.63) is 57.6 Å². The fourth-order valence-electron chi connectivity index (χ4n) is 2.17. The average molecular weight is 366 g/mol. The molecule has 1 N–H and O–H groups in total. The van der Waals surface area contributed by atoms with Gasteiger partial charge in [0.1, 0.15) is 17.1 Å². The number of alkyl halides is 2. The molecule has 0 fully saturated rings. The molecule has 0 aliphatic rings. The molecule has 0 unspecified atom stereocenters. The molecular formula is C18H16F2O6. The number of rotatable bonds is 7. The number of aromatic hydroxyl groups is 1. The average Bonchev–Trinajstić information content (AvgIpc) is 2.54. The van der Waals surface area contributed by atoms with E-state index in [4.69, 9.17) is 9.15 Å². The van der Waals surface area contributed by atoms with E-state index < -0.39 is 29.3 Å². The van der Waals surface area contributed by atoms with E-state index >= 15 is 0 Å². The van der Waals surface area contributed by atoms with E-state index in [9.17, 15) is 23.5 Å². The van der Waals surface area contributed by atoms with Crippen LogP contribution < -0.4 is 15.1 Å². The topological polar surface area (TPSA) is 86.0 Å². The number of carbonyl (C=O) groups is 1. The van der Waals surface area contributed by atoms with Crippen molar-refractivity contribution in [1.82, 2.24) is 0 Å². The first-order valence-electron chi connectivity index (χ1n) is 7.59. The molecule has 0 bridgehead atoms. The molecule has 1 aromatic heterocycles. The summed E-state index contributed by atoms with van der Waals surface area (Å²) >= 11 is 0. The summed E-state index contributed by atoms with van der Waals surface area (Å²) in [7, 11) is 0. The Morgan fingerprint density at radius 2 is 2.04 bits per heavy atom. The van der Waals surface area contributed by atoms with Crippen LogP contribution in [-0.4, -0.2) is 24.1 Å². The van der Waals surface area contributed by atoms with E-state index in [1.807, 2.05) is 0 Å². The highest BCUT2D eigenvalue weighted by molar-refractivity contribution is 6.08. The van der Waals surface area contributed by atoms with Gasteiger partial charge in [0.2, 0.25) is 0 Å². The Balaban J connectivity index is 2.28. The number of halogens is 2. The van der Waals surface area contributed by atoms with E-state index in [0.717, 1.165) is 12.1 Å². The first kappa shape index (κ1) is 19.2. The Morgan fingerprint density at radius 3 is 2.65 bits per heavy atom. The Labute approximate surface area is 147 Å². The molecule has 1 heterocycles. The standard InChI is InChI=1S/C18H16F2O6/c1-3-24-15-9-11(5-7-14(15)26-18(19)20)4-6-12(21)16-13(22)8-10(2)25-17(16)23/h4-9,18,22H,3H2,1-2H3. The lowest BCUT2D eigenvalue weighted by atomic mass is 10.1. The van der Waals surface area contributed by atoms with E-state index in [2.05, 4.69) is 4.74 Å². The molecule has 2 rings (SSSR count). The van der Waals surface area contributed by atoms with E-state index in [0.29, 0.717) is 5.56 Å². The first-order chi connectivity index (χ1) is 12.3. The van der Waals surface area contributed by atoms with Crippen molar-refractivity contribution in [3.63, 3.8) is 0 Å². The van der Waals surface area contributed by atoms with Gasteiger partial charge in [-0.15, -0.1) is 0 Å². The van der Waals surface area contributed by atoms with Crippen LogP contribution in [0.5, 0.6) is 17.2 Å². The molecule has 0 amide bonds. The van der Waals surface area contributed by atoms with Crippen LogP contribution in [0.1, 0.15) is 28.6 Å². The van der Waals surface area contributed by atoms with Crippen LogP contribution in [-0.2, 0) is 0 Å². The zero-order chi connectivity index (χ0) is 19.3. The molecule has 0 spiro atoms. The van der Waals surface area contributed by atoms with E-state index in [1.165, 1.54) is 31.2 Å². The number of allylic oxidation sites excluding steroid dienone is 1. The predicted octanol–water partition coefficient (Wildman–Crippen LogP) is 3.55. The molecule has 0 aliphatic heterocycles. The summed E-state index contributed by atoms with van der Waals surface area (Å²) < 4.78 is 39.2. The maximum atomic E-state index is 12.4. The highest BCUT2D eigenvalue weighted by atomic mass is 19.3. The molecule has 0 aliphatic carbocycles. The molecule has 0 saturated heterocycles. The van der Waals surface area contributed by atoms with Crippen molar-refractivity contribution < 1.29 is 32.6 Å². The van der Waals surface area contributed by atoms with Crippen molar-refractivity contribution in [2.45, 2.75) is 20.5 Å². The number of ether oxygens (including phenoxy) is 2. The zero-order valence-corrected chi connectivity index (χ0v) is 14.0. The minimum Gasteiger partial charge on any atom is -0.507 e. The van der Waals surface area contributed by atoms with Crippen LogP contribution >= 0.6 is 0 Å². The quantitative estimate of drug-likeness (QED) is 0.596. The minimum atomic E-state index is -3.00. The highest BCUT2D eigenvalue weighted by Crippen LogP contribution is 2.30. The largest absolute Gasteiger partial charge is 0.507 e. The van der Waals surface area contributed by atoms with Crippen LogP contribution in [0.15, 0.2) is 39.6 Å². The lowest BCUT2D eigenvalue weighted by molar-refractivity contribution is -0.0514. The van der Waals surface area contributed by atoms with Crippen molar-refractivity contribution in [2.24, 2.45) is 0 Å². The number of benzene rings is 1. The van der Waals surface area contributed by atoms with Crippen molar-refractivity contribution >= 4 is 11.9 Å². The highest BCUT2D eigenvalue weighted by Gasteiger charge is 2.16. The van der Waals surface area contributed by atoms with Crippen LogP contribution in [0.4, 0.5) is 8.78 Å². The number of ketones is 1. The molecule has 1 aromatic carbocycles. The fraction of sp³-hybridized carbons (Fsp3) is 0.222. The summed E-state index contributed by atoms with van der Waals surface area (Å²) in [6.07, 6.45) is 2.40. The molecule has 0 radical (unpaired) electrons. The van der Waals surface area contributed by atoms with Crippen molar-refractivity contribution in [1.29, 1.82) is 0 Å². The van der Waals surface area contributed by atoms with E-state index in [-0.39, 0.29) is 23.9 Å². The summed E-state index contributed by atoms with van der Waals surface area (Å²) in [5.41, 5.74) is -0.998. The molecule has 6 nitrogen and oxygen atoms in total. The van der Waals surface area contributed by atoms with Crippen molar-refractivity contribution in [2.75, 3.05) is 6.61 Å². The number of hydrogen-bond acceptors (Lipinski definition) is 6. The monoisotopic (exact) mass is 366 g/mol. The molecule has 138 valence electrons. The van der Waals surface area contributed by atoms with Crippen molar-refractivity contribution in [3.8, 4) is 17.2 Å². The summed E-state index contributed by atoms with van der Waals surface area (Å²) in [5, 5.41) is 9.75. The lowest BCUT2D eigenvalue weighted by Crippen LogP contribution is -2.12. The third-order valence-electron chi connectivity index (χ3n) is 3.21. The number of carbonyl (C=O) groups excluding carboxylic acids is 1. The van der Waals surface area contributed by atoms with Gasteiger partial charge in [-0.3, -0.25) is 4.79 Å². The Bertz CT molecular complexity index is 886. The Hall–Kier alpha value is -3.16. The van der Waals surface area contributed by atoms with Gasteiger partial charge in [-0.2, -0.15) is 8.78 Å². The summed E-state index contributed by atoms with van der Waals surface area (Å²) in [5.74, 6) is -1.13. The molecule has 26 heavy (non-hydrogen) atoms. The second-order valence-electron chi connectivity index (χ2n) is 5.12. The van der Waals surface area contributed by atoms with Crippen LogP contribution in [0.2, 0.25) is 0 Å². The summed E-state index contributed by atoms with van der Waals surface area (Å²) in [6.45, 7) is 0.367. The first-order valence-corrected chi connectivity index (χ1v) is 7.59. The molecule has 2 aromatic rings. The van der Waals surface area contributed by atoms with Crippen LogP contribution in [0.25, 0.3) is 6.08 Å². The summed E-state index contributed by atoms with van der Waals surface area (Å²) in [6, 6.07) is 5.27. The third-order valence-corrected chi connectivity index (χ3v) is 3.21. The maximum Gasteiger partial charge on any atom is 0.387 e. The molecule has 0 saturated carbocycles. The van der Waals surface area contributed by atoms with E-state index in [1.54, 1.807) is 6.92 Å². The smallest absolute Gasteiger partial charge is 0.387 e. The zero-order valence-electron chi connectivity index (χ0n) is 14.0. The van der Waals surface area contributed by atoms with Crippen LogP contribution in [0.3, 0.4) is 0 Å². The van der Waals surface area contributed by atoms with Gasteiger partial charge in [-0.05, 0) is 37.6 Å². The number of aryl methyl sites for hydroxylation is 1. The van der Waals surface area contributed by atoms with Gasteiger partial charge in [-0.1, -0.05) is 12.1 Å². The molecule has 8 heteroatoms. The van der Waals surface area contributed by atoms with Gasteiger partial charge in [0.15, 0.2) is 17.3 Å². The molecular weight excluding hydrogens is 350 g/mol. The fourth-order valence-corrected chi connectivity index (χ4v) is 2.17. The number of hydrogen-bond donors (Lipinski definition) is 1. The Morgan fingerprint density at radius 1 is 1.31 bits per heavy atom. The van der Waals surface area contributed by atoms with Gasteiger partial charge in [0.25, 0.3) is 0 Å². The lowest BCUT2D eigenvalue weighted by Gasteiger charge is -2.11. The van der Waals surface area contributed by atoms with Gasteiger partial charge < -0.3 is 19.0 Å². The SMILES string of the molecule is CCOc1cc(C=CC(=O)c2c(O)cc(C)oc2=O)ccc1OC(F)F. The normalized spacial score (nSPS) is 11.1. The minimum absolute atomic E-state index is 0.0834. The van der Waals surface area contributed by atoms with Crippen LogP contribution in [0, 0.1) is 6.92 Å². The van der Waals surface area contributed by atoms with Gasteiger partial charge in [0, 0.05) is 6.07 Å².